The summed E-state index contributed by atoms with van der Waals surface area (Å²) >= 11 is 0. The molecule has 0 saturated carbocycles. The Bertz CT molecular complexity index is 934. The fraction of sp³-hybridized carbons (Fsp3) is 0.364. The number of fused-ring (bicyclic) bond motifs is 3. The quantitative estimate of drug-likeness (QED) is 0.461. The number of hydrogen-bond acceptors (Lipinski definition) is 7. The predicted octanol–water partition coefficient (Wildman–Crippen LogP) is 0.460. The Labute approximate surface area is 177 Å². The molecule has 0 unspecified atom stereocenters. The van der Waals surface area contributed by atoms with Gasteiger partial charge in [-0.1, -0.05) is 48.5 Å². The first-order chi connectivity index (χ1) is 14.9. The standard InChI is InChI=1S/C22H23NO8/c24-17-16(31-20(21(27)28)19(26)18(17)25)9-23-22(29)30-10-15-13-7-3-1-5-11(13)12-6-2-4-8-14(12)15/h1-8,15-20,24-26H,9-10H2,(H,23,29)(H,27,28)/t16-,17+,18-,19+,20+/m0/s1. The van der Waals surface area contributed by atoms with Crippen molar-refractivity contribution in [3.63, 3.8) is 0 Å². The Morgan fingerprint density at radius 3 is 2.06 bits per heavy atom. The maximum absolute atomic E-state index is 12.2. The Morgan fingerprint density at radius 2 is 1.48 bits per heavy atom. The Kier molecular flexibility index (Phi) is 5.92. The second-order valence-electron chi connectivity index (χ2n) is 7.61. The molecule has 1 amide bonds. The lowest BCUT2D eigenvalue weighted by molar-refractivity contribution is -0.226. The van der Waals surface area contributed by atoms with Crippen LogP contribution >= 0.6 is 0 Å². The second-order valence-corrected chi connectivity index (χ2v) is 7.61. The van der Waals surface area contributed by atoms with Gasteiger partial charge in [0.2, 0.25) is 0 Å². The molecule has 5 N–H and O–H groups in total. The molecule has 1 heterocycles. The number of benzene rings is 2. The molecule has 1 aliphatic heterocycles. The summed E-state index contributed by atoms with van der Waals surface area (Å²) in [7, 11) is 0. The summed E-state index contributed by atoms with van der Waals surface area (Å²) in [5, 5.41) is 41.1. The third kappa shape index (κ3) is 4.00. The van der Waals surface area contributed by atoms with Gasteiger partial charge in [0.1, 0.15) is 31.0 Å². The summed E-state index contributed by atoms with van der Waals surface area (Å²) in [6.45, 7) is -0.210. The van der Waals surface area contributed by atoms with Crippen LogP contribution in [0.2, 0.25) is 0 Å². The number of aliphatic carboxylic acids is 1. The number of carbonyl (C=O) groups is 2. The number of carboxylic acids is 1. The molecule has 1 saturated heterocycles. The van der Waals surface area contributed by atoms with Gasteiger partial charge in [0.25, 0.3) is 0 Å². The lowest BCUT2D eigenvalue weighted by atomic mass is 9.95. The van der Waals surface area contributed by atoms with Gasteiger partial charge in [-0.15, -0.1) is 0 Å². The first kappa shape index (κ1) is 21.3. The van der Waals surface area contributed by atoms with Crippen molar-refractivity contribution in [3.8, 4) is 11.1 Å². The topological polar surface area (TPSA) is 146 Å². The number of aliphatic hydroxyl groups excluding tert-OH is 3. The lowest BCUT2D eigenvalue weighted by Gasteiger charge is -2.38. The normalized spacial score (nSPS) is 27.3. The van der Waals surface area contributed by atoms with E-state index in [0.29, 0.717) is 0 Å². The summed E-state index contributed by atoms with van der Waals surface area (Å²) in [6, 6.07) is 15.8. The molecule has 1 fully saturated rings. The first-order valence-electron chi connectivity index (χ1n) is 9.89. The van der Waals surface area contributed by atoms with E-state index in [0.717, 1.165) is 22.3 Å². The fourth-order valence-corrected chi connectivity index (χ4v) is 4.16. The van der Waals surface area contributed by atoms with E-state index in [9.17, 15) is 24.9 Å². The van der Waals surface area contributed by atoms with Crippen LogP contribution in [0.3, 0.4) is 0 Å². The molecular formula is C22H23NO8. The van der Waals surface area contributed by atoms with E-state index in [4.69, 9.17) is 14.6 Å². The highest BCUT2D eigenvalue weighted by Crippen LogP contribution is 2.44. The van der Waals surface area contributed by atoms with Gasteiger partial charge in [0, 0.05) is 12.5 Å². The number of nitrogens with one attached hydrogen (secondary N) is 1. The smallest absolute Gasteiger partial charge is 0.407 e. The highest BCUT2D eigenvalue weighted by molar-refractivity contribution is 5.79. The molecule has 5 atom stereocenters. The van der Waals surface area contributed by atoms with E-state index >= 15 is 0 Å². The third-order valence-corrected chi connectivity index (χ3v) is 5.75. The van der Waals surface area contributed by atoms with Crippen molar-refractivity contribution in [2.75, 3.05) is 13.2 Å². The number of carboxylic acid groups (broad SMARTS) is 1. The number of alkyl carbamates (subject to hydrolysis) is 1. The van der Waals surface area contributed by atoms with Gasteiger partial charge in [-0.25, -0.2) is 9.59 Å². The van der Waals surface area contributed by atoms with Crippen LogP contribution < -0.4 is 5.32 Å². The molecule has 164 valence electrons. The molecule has 1 aliphatic carbocycles. The summed E-state index contributed by atoms with van der Waals surface area (Å²) in [5.74, 6) is -1.60. The van der Waals surface area contributed by atoms with E-state index in [2.05, 4.69) is 5.32 Å². The van der Waals surface area contributed by atoms with Crippen LogP contribution in [-0.4, -0.2) is 76.2 Å². The van der Waals surface area contributed by atoms with Gasteiger partial charge >= 0.3 is 12.1 Å². The van der Waals surface area contributed by atoms with E-state index in [1.165, 1.54) is 0 Å². The van der Waals surface area contributed by atoms with E-state index in [1.54, 1.807) is 0 Å². The van der Waals surface area contributed by atoms with Gasteiger partial charge < -0.3 is 35.2 Å². The van der Waals surface area contributed by atoms with Crippen LogP contribution in [-0.2, 0) is 14.3 Å². The highest BCUT2D eigenvalue weighted by Gasteiger charge is 2.46. The molecule has 0 bridgehead atoms. The number of aliphatic hydroxyl groups is 3. The molecular weight excluding hydrogens is 406 g/mol. The molecule has 31 heavy (non-hydrogen) atoms. The average molecular weight is 429 g/mol. The summed E-state index contributed by atoms with van der Waals surface area (Å²) in [5.41, 5.74) is 4.31. The number of carbonyl (C=O) groups excluding carboxylic acids is 1. The maximum atomic E-state index is 12.2. The molecule has 0 aromatic heterocycles. The molecule has 2 aliphatic rings. The van der Waals surface area contributed by atoms with E-state index in [1.807, 2.05) is 48.5 Å². The predicted molar refractivity (Wildman–Crippen MR) is 107 cm³/mol. The van der Waals surface area contributed by atoms with Crippen molar-refractivity contribution >= 4 is 12.1 Å². The minimum Gasteiger partial charge on any atom is -0.479 e. The number of ether oxygens (including phenoxy) is 2. The minimum atomic E-state index is -1.78. The van der Waals surface area contributed by atoms with Gasteiger partial charge in [0.05, 0.1) is 0 Å². The van der Waals surface area contributed by atoms with Gasteiger partial charge in [-0.2, -0.15) is 0 Å². The number of rotatable bonds is 5. The van der Waals surface area contributed by atoms with Crippen molar-refractivity contribution in [2.45, 2.75) is 36.4 Å². The van der Waals surface area contributed by atoms with Crippen LogP contribution in [0.25, 0.3) is 11.1 Å². The van der Waals surface area contributed by atoms with Crippen molar-refractivity contribution in [3.05, 3.63) is 59.7 Å². The van der Waals surface area contributed by atoms with E-state index in [-0.39, 0.29) is 19.1 Å². The maximum Gasteiger partial charge on any atom is 0.407 e. The minimum absolute atomic E-state index is 0.0903. The molecule has 2 aromatic carbocycles. The summed E-state index contributed by atoms with van der Waals surface area (Å²) in [6.07, 6.45) is -8.78. The van der Waals surface area contributed by atoms with E-state index < -0.39 is 42.6 Å². The fourth-order valence-electron chi connectivity index (χ4n) is 4.16. The van der Waals surface area contributed by atoms with Crippen molar-refractivity contribution < 1.29 is 39.5 Å². The van der Waals surface area contributed by atoms with Crippen LogP contribution in [0.5, 0.6) is 0 Å². The Morgan fingerprint density at radius 1 is 0.903 bits per heavy atom. The van der Waals surface area contributed by atoms with Crippen molar-refractivity contribution in [1.82, 2.24) is 5.32 Å². The van der Waals surface area contributed by atoms with Crippen LogP contribution in [0, 0.1) is 0 Å². The lowest BCUT2D eigenvalue weighted by Crippen LogP contribution is -2.61. The second kappa shape index (κ2) is 8.64. The zero-order valence-corrected chi connectivity index (χ0v) is 16.4. The SMILES string of the molecule is O=C(NC[C@@H]1O[C@@H](C(=O)O)[C@H](O)[C@@H](O)[C@@H]1O)OCC1c2ccccc2-c2ccccc21. The zero-order valence-electron chi connectivity index (χ0n) is 16.4. The van der Waals surface area contributed by atoms with Crippen molar-refractivity contribution in [1.29, 1.82) is 0 Å². The highest BCUT2D eigenvalue weighted by atomic mass is 16.6. The molecule has 4 rings (SSSR count). The van der Waals surface area contributed by atoms with Crippen LogP contribution in [0.15, 0.2) is 48.5 Å². The van der Waals surface area contributed by atoms with Gasteiger partial charge in [0.15, 0.2) is 6.10 Å². The Hall–Kier alpha value is -2.98. The average Bonchev–Trinajstić information content (AvgIpc) is 3.09. The molecule has 0 spiro atoms. The molecule has 9 heteroatoms. The summed E-state index contributed by atoms with van der Waals surface area (Å²) in [4.78, 5) is 23.4. The Balaban J connectivity index is 1.37. The monoisotopic (exact) mass is 429 g/mol. The molecule has 0 radical (unpaired) electrons. The first-order valence-corrected chi connectivity index (χ1v) is 9.89. The molecule has 2 aromatic rings. The van der Waals surface area contributed by atoms with Crippen molar-refractivity contribution in [2.24, 2.45) is 0 Å². The number of amides is 1. The largest absolute Gasteiger partial charge is 0.479 e. The van der Waals surface area contributed by atoms with Gasteiger partial charge in [-0.3, -0.25) is 0 Å². The molecule has 9 nitrogen and oxygen atoms in total. The van der Waals surface area contributed by atoms with Crippen LogP contribution in [0.1, 0.15) is 17.0 Å². The third-order valence-electron chi connectivity index (χ3n) is 5.75. The number of hydrogen-bond donors (Lipinski definition) is 5. The van der Waals surface area contributed by atoms with Gasteiger partial charge in [-0.05, 0) is 22.3 Å². The zero-order chi connectivity index (χ0) is 22.1. The van der Waals surface area contributed by atoms with Crippen LogP contribution in [0.4, 0.5) is 4.79 Å². The summed E-state index contributed by atoms with van der Waals surface area (Å²) < 4.78 is 10.5.